The van der Waals surface area contributed by atoms with Gasteiger partial charge in [-0.1, -0.05) is 36.4 Å². The number of hydrogen-bond acceptors (Lipinski definition) is 4. The number of nitrogens with zero attached hydrogens (tertiary/aromatic N) is 2. The monoisotopic (exact) mass is 453 g/mol. The molecule has 2 fully saturated rings. The first-order chi connectivity index (χ1) is 15.7. The van der Waals surface area contributed by atoms with Crippen LogP contribution in [0.4, 0.5) is 5.69 Å². The van der Waals surface area contributed by atoms with Crippen LogP contribution in [0.15, 0.2) is 48.5 Å². The predicted molar refractivity (Wildman–Crippen MR) is 131 cm³/mol. The normalized spacial score (nSPS) is 23.6. The second kappa shape index (κ2) is 9.94. The quantitative estimate of drug-likeness (QED) is 0.452. The SMILES string of the molecule is O=[SH](=O)NCCCC1CN(c2ccc3c(c2)[C@@H](Cc2ccccc2)[C@@H](N2CCC2)CC3)C1. The number of nitrogens with one attached hydrogen (secondary N) is 1. The van der Waals surface area contributed by atoms with Crippen LogP contribution in [-0.4, -0.2) is 52.1 Å². The van der Waals surface area contributed by atoms with Crippen LogP contribution in [0, 0.1) is 5.92 Å². The summed E-state index contributed by atoms with van der Waals surface area (Å²) in [6.07, 6.45) is 6.94. The molecule has 5 nitrogen and oxygen atoms in total. The largest absolute Gasteiger partial charge is 0.371 e. The highest BCUT2D eigenvalue weighted by atomic mass is 32.2. The first-order valence-corrected chi connectivity index (χ1v) is 13.4. The third-order valence-corrected chi connectivity index (χ3v) is 8.20. The van der Waals surface area contributed by atoms with E-state index >= 15 is 0 Å². The van der Waals surface area contributed by atoms with E-state index in [0.717, 1.165) is 32.4 Å². The molecule has 0 aromatic heterocycles. The Kier molecular flexibility index (Phi) is 6.81. The van der Waals surface area contributed by atoms with Gasteiger partial charge in [0.25, 0.3) is 0 Å². The fourth-order valence-corrected chi connectivity index (χ4v) is 6.15. The van der Waals surface area contributed by atoms with E-state index < -0.39 is 10.9 Å². The minimum absolute atomic E-state index is 0.563. The van der Waals surface area contributed by atoms with Gasteiger partial charge in [0.15, 0.2) is 0 Å². The number of fused-ring (bicyclic) bond motifs is 1. The Bertz CT molecular complexity index is 976. The molecule has 0 bridgehead atoms. The van der Waals surface area contributed by atoms with Crippen molar-refractivity contribution in [1.82, 2.24) is 9.62 Å². The molecule has 5 rings (SSSR count). The number of hydrogen-bond donors (Lipinski definition) is 2. The summed E-state index contributed by atoms with van der Waals surface area (Å²) in [5.74, 6) is 1.24. The molecule has 2 aromatic carbocycles. The van der Waals surface area contributed by atoms with Crippen LogP contribution in [-0.2, 0) is 23.7 Å². The molecule has 0 unspecified atom stereocenters. The molecule has 0 amide bonds. The minimum atomic E-state index is -2.46. The molecule has 6 heteroatoms. The highest BCUT2D eigenvalue weighted by Gasteiger charge is 2.36. The number of likely N-dealkylation sites (tertiary alicyclic amines) is 1. The lowest BCUT2D eigenvalue weighted by Gasteiger charge is -2.46. The topological polar surface area (TPSA) is 52.7 Å². The van der Waals surface area contributed by atoms with Crippen molar-refractivity contribution < 1.29 is 8.42 Å². The maximum absolute atomic E-state index is 10.6. The lowest BCUT2D eigenvalue weighted by molar-refractivity contribution is 0.0877. The lowest BCUT2D eigenvalue weighted by atomic mass is 9.74. The Hall–Kier alpha value is -1.89. The van der Waals surface area contributed by atoms with Crippen molar-refractivity contribution in [2.75, 3.05) is 37.6 Å². The average molecular weight is 454 g/mol. The Morgan fingerprint density at radius 1 is 1.03 bits per heavy atom. The van der Waals surface area contributed by atoms with E-state index in [-0.39, 0.29) is 0 Å². The molecule has 2 heterocycles. The maximum atomic E-state index is 10.6. The molecule has 32 heavy (non-hydrogen) atoms. The molecule has 0 spiro atoms. The van der Waals surface area contributed by atoms with Gasteiger partial charge in [0, 0.05) is 37.3 Å². The number of rotatable bonds is 9. The Labute approximate surface area is 193 Å². The molecule has 1 aliphatic carbocycles. The minimum Gasteiger partial charge on any atom is -0.371 e. The van der Waals surface area contributed by atoms with E-state index in [1.807, 2.05) is 0 Å². The molecule has 2 atom stereocenters. The van der Waals surface area contributed by atoms with Gasteiger partial charge in [-0.3, -0.25) is 4.90 Å². The molecule has 2 aliphatic heterocycles. The first kappa shape index (κ1) is 21.9. The Morgan fingerprint density at radius 3 is 2.56 bits per heavy atom. The van der Waals surface area contributed by atoms with Gasteiger partial charge in [-0.05, 0) is 86.4 Å². The first-order valence-electron chi connectivity index (χ1n) is 12.2. The zero-order chi connectivity index (χ0) is 21.9. The van der Waals surface area contributed by atoms with Crippen molar-refractivity contribution in [3.8, 4) is 0 Å². The number of aryl methyl sites for hydroxylation is 1. The van der Waals surface area contributed by atoms with Crippen LogP contribution in [0.2, 0.25) is 0 Å². The molecule has 1 N–H and O–H groups in total. The van der Waals surface area contributed by atoms with E-state index in [0.29, 0.717) is 24.4 Å². The summed E-state index contributed by atoms with van der Waals surface area (Å²) in [5, 5.41) is 0. The predicted octanol–water partition coefficient (Wildman–Crippen LogP) is 3.37. The smallest absolute Gasteiger partial charge is 0.201 e. The number of anilines is 1. The van der Waals surface area contributed by atoms with Gasteiger partial charge in [-0.15, -0.1) is 0 Å². The summed E-state index contributed by atoms with van der Waals surface area (Å²) < 4.78 is 23.8. The van der Waals surface area contributed by atoms with Crippen molar-refractivity contribution in [2.24, 2.45) is 5.92 Å². The summed E-state index contributed by atoms with van der Waals surface area (Å²) in [4.78, 5) is 5.21. The van der Waals surface area contributed by atoms with Gasteiger partial charge in [0.2, 0.25) is 10.9 Å². The average Bonchev–Trinajstić information content (AvgIpc) is 2.73. The third kappa shape index (κ3) is 4.87. The molecule has 2 saturated heterocycles. The van der Waals surface area contributed by atoms with Gasteiger partial charge < -0.3 is 4.90 Å². The molecular formula is C26H35N3O2S. The van der Waals surface area contributed by atoms with Gasteiger partial charge in [0.1, 0.15) is 0 Å². The maximum Gasteiger partial charge on any atom is 0.201 e. The Balaban J connectivity index is 1.28. The van der Waals surface area contributed by atoms with Crippen LogP contribution in [0.3, 0.4) is 0 Å². The van der Waals surface area contributed by atoms with Crippen molar-refractivity contribution >= 4 is 16.6 Å². The molecule has 172 valence electrons. The Morgan fingerprint density at radius 2 is 1.84 bits per heavy atom. The standard InChI is InChI=1S/C26H35N3O2S/c30-32(31)27-13-4-8-21-18-29(19-21)23-11-9-22-10-12-26(28-14-5-15-28)25(24(22)17-23)16-20-6-2-1-3-7-20/h1-3,6-7,9,11,17,21,25-26,32H,4-5,8,10,12-16,18-19H2,(H,27,30,31)/t25-,26+/m1/s1. The van der Waals surface area contributed by atoms with Crippen LogP contribution < -0.4 is 9.62 Å². The van der Waals surface area contributed by atoms with Gasteiger partial charge in [-0.2, -0.15) is 0 Å². The number of thiol groups is 1. The van der Waals surface area contributed by atoms with Crippen molar-refractivity contribution in [1.29, 1.82) is 0 Å². The third-order valence-electron chi connectivity index (χ3n) is 7.71. The summed E-state index contributed by atoms with van der Waals surface area (Å²) in [6, 6.07) is 18.9. The fraction of sp³-hybridized carbons (Fsp3) is 0.538. The summed E-state index contributed by atoms with van der Waals surface area (Å²) in [7, 11) is -2.46. The number of benzene rings is 2. The van der Waals surface area contributed by atoms with Crippen molar-refractivity contribution in [3.05, 3.63) is 65.2 Å². The second-order valence-corrected chi connectivity index (χ2v) is 10.6. The highest BCUT2D eigenvalue weighted by molar-refractivity contribution is 7.70. The van der Waals surface area contributed by atoms with Crippen molar-refractivity contribution in [2.45, 2.75) is 50.5 Å². The summed E-state index contributed by atoms with van der Waals surface area (Å²) in [5.41, 5.74) is 5.92. The van der Waals surface area contributed by atoms with E-state index in [1.165, 1.54) is 43.6 Å². The van der Waals surface area contributed by atoms with E-state index in [4.69, 9.17) is 0 Å². The molecule has 0 radical (unpaired) electrons. The summed E-state index contributed by atoms with van der Waals surface area (Å²) >= 11 is 0. The van der Waals surface area contributed by atoms with Gasteiger partial charge >= 0.3 is 0 Å². The molecule has 3 aliphatic rings. The van der Waals surface area contributed by atoms with Crippen LogP contribution in [0.1, 0.15) is 48.3 Å². The molecular weight excluding hydrogens is 418 g/mol. The van der Waals surface area contributed by atoms with Gasteiger partial charge in [0.05, 0.1) is 0 Å². The van der Waals surface area contributed by atoms with Crippen LogP contribution in [0.25, 0.3) is 0 Å². The zero-order valence-corrected chi connectivity index (χ0v) is 19.7. The molecule has 2 aromatic rings. The van der Waals surface area contributed by atoms with Gasteiger partial charge in [-0.25, -0.2) is 13.1 Å². The zero-order valence-electron chi connectivity index (χ0n) is 18.8. The van der Waals surface area contributed by atoms with E-state index in [2.05, 4.69) is 63.1 Å². The lowest BCUT2D eigenvalue weighted by Crippen LogP contribution is -2.50. The van der Waals surface area contributed by atoms with E-state index in [9.17, 15) is 8.42 Å². The molecule has 0 saturated carbocycles. The van der Waals surface area contributed by atoms with Crippen molar-refractivity contribution in [3.63, 3.8) is 0 Å². The van der Waals surface area contributed by atoms with E-state index in [1.54, 1.807) is 11.1 Å². The van der Waals surface area contributed by atoms with Crippen LogP contribution >= 0.6 is 0 Å². The fourth-order valence-electron chi connectivity index (χ4n) is 5.81. The van der Waals surface area contributed by atoms with Crippen LogP contribution in [0.5, 0.6) is 0 Å². The summed E-state index contributed by atoms with van der Waals surface area (Å²) in [6.45, 7) is 5.25. The highest BCUT2D eigenvalue weighted by Crippen LogP contribution is 2.41. The second-order valence-electron chi connectivity index (χ2n) is 9.75.